The summed E-state index contributed by atoms with van der Waals surface area (Å²) in [5, 5.41) is 0. The van der Waals surface area contributed by atoms with Crippen LogP contribution < -0.4 is 0 Å². The Kier molecular flexibility index (Phi) is 5.39. The Morgan fingerprint density at radius 2 is 1.86 bits per heavy atom. The Hall–Kier alpha value is -2.07. The fraction of sp³-hybridized carbons (Fsp3) is 0.389. The van der Waals surface area contributed by atoms with E-state index in [1.54, 1.807) is 21.3 Å². The highest BCUT2D eigenvalue weighted by molar-refractivity contribution is 5.81. The monoisotopic (exact) mass is 300 g/mol. The highest BCUT2D eigenvalue weighted by Crippen LogP contribution is 2.39. The topological polar surface area (TPSA) is 47.1 Å². The first kappa shape index (κ1) is 16.3. The first-order valence-corrected chi connectivity index (χ1v) is 7.43. The van der Waals surface area contributed by atoms with Gasteiger partial charge in [0.2, 0.25) is 0 Å². The summed E-state index contributed by atoms with van der Waals surface area (Å²) in [6.45, 7) is 4.29. The Labute approximate surface area is 132 Å². The van der Waals surface area contributed by atoms with Crippen molar-refractivity contribution >= 4 is 11.6 Å². The van der Waals surface area contributed by atoms with Crippen LogP contribution in [0.1, 0.15) is 37.0 Å². The Bertz CT molecular complexity index is 634. The number of hydrogen-bond acceptors (Lipinski definition) is 3. The molecule has 0 saturated heterocycles. The van der Waals surface area contributed by atoms with Crippen molar-refractivity contribution in [2.45, 2.75) is 19.8 Å². The van der Waals surface area contributed by atoms with E-state index in [9.17, 15) is 0 Å². The number of methoxy groups -OCH3 is 2. The first-order valence-electron chi connectivity index (χ1n) is 7.43. The van der Waals surface area contributed by atoms with Gasteiger partial charge in [0.1, 0.15) is 11.6 Å². The van der Waals surface area contributed by atoms with Crippen molar-refractivity contribution in [1.82, 2.24) is 9.97 Å². The van der Waals surface area contributed by atoms with E-state index in [-0.39, 0.29) is 5.92 Å². The van der Waals surface area contributed by atoms with Crippen LogP contribution in [0.4, 0.5) is 0 Å². The van der Waals surface area contributed by atoms with Crippen molar-refractivity contribution in [3.8, 4) is 0 Å². The molecule has 22 heavy (non-hydrogen) atoms. The number of nitrogens with zero attached hydrogens (tertiary/aromatic N) is 1. The van der Waals surface area contributed by atoms with Crippen LogP contribution in [0.5, 0.6) is 0 Å². The summed E-state index contributed by atoms with van der Waals surface area (Å²) in [6, 6.07) is 0. The average Bonchev–Trinajstić information content (AvgIpc) is 2.77. The van der Waals surface area contributed by atoms with Gasteiger partial charge >= 0.3 is 0 Å². The molecular formula is C18H24N2O2. The third kappa shape index (κ3) is 3.22. The van der Waals surface area contributed by atoms with Crippen molar-refractivity contribution < 1.29 is 9.47 Å². The normalized spacial score (nSPS) is 18.5. The van der Waals surface area contributed by atoms with Crippen LogP contribution in [0, 0.1) is 5.92 Å². The SMILES string of the molecule is COC.COC1=Cc2[nH]c(C(C)C)nc2C2=CC=CC=CC12. The van der Waals surface area contributed by atoms with E-state index in [1.165, 1.54) is 5.57 Å². The molecular weight excluding hydrogens is 276 g/mol. The average molecular weight is 300 g/mol. The zero-order valence-electron chi connectivity index (χ0n) is 13.9. The van der Waals surface area contributed by atoms with E-state index in [4.69, 9.17) is 9.72 Å². The summed E-state index contributed by atoms with van der Waals surface area (Å²) >= 11 is 0. The van der Waals surface area contributed by atoms with Crippen molar-refractivity contribution in [2.75, 3.05) is 21.3 Å². The third-order valence-corrected chi connectivity index (χ3v) is 3.54. The van der Waals surface area contributed by atoms with Gasteiger partial charge in [-0.05, 0) is 5.57 Å². The van der Waals surface area contributed by atoms with Gasteiger partial charge in [-0.2, -0.15) is 0 Å². The summed E-state index contributed by atoms with van der Waals surface area (Å²) in [6.07, 6.45) is 12.5. The highest BCUT2D eigenvalue weighted by atomic mass is 16.5. The molecule has 1 aromatic rings. The number of H-pyrrole nitrogens is 1. The predicted molar refractivity (Wildman–Crippen MR) is 90.3 cm³/mol. The van der Waals surface area contributed by atoms with Crippen LogP contribution in [-0.2, 0) is 9.47 Å². The molecule has 0 fully saturated rings. The van der Waals surface area contributed by atoms with Gasteiger partial charge in [-0.15, -0.1) is 0 Å². The minimum atomic E-state index is 0.163. The first-order chi connectivity index (χ1) is 10.6. The molecule has 0 aromatic carbocycles. The Morgan fingerprint density at radius 1 is 1.14 bits per heavy atom. The molecule has 0 amide bonds. The number of rotatable bonds is 2. The maximum absolute atomic E-state index is 5.54. The Balaban J connectivity index is 0.000000545. The quantitative estimate of drug-likeness (QED) is 0.900. The zero-order valence-corrected chi connectivity index (χ0v) is 13.9. The van der Waals surface area contributed by atoms with Crippen LogP contribution in [-0.4, -0.2) is 31.3 Å². The molecule has 1 unspecified atom stereocenters. The predicted octanol–water partition coefficient (Wildman–Crippen LogP) is 3.92. The van der Waals surface area contributed by atoms with Crippen LogP contribution in [0.3, 0.4) is 0 Å². The van der Waals surface area contributed by atoms with E-state index in [0.717, 1.165) is 23.0 Å². The van der Waals surface area contributed by atoms with Gasteiger partial charge < -0.3 is 14.5 Å². The van der Waals surface area contributed by atoms with Crippen LogP contribution in [0.25, 0.3) is 11.6 Å². The van der Waals surface area contributed by atoms with Crippen LogP contribution >= 0.6 is 0 Å². The van der Waals surface area contributed by atoms with Gasteiger partial charge in [0.15, 0.2) is 0 Å². The molecule has 0 bridgehead atoms. The second kappa shape index (κ2) is 7.27. The van der Waals surface area contributed by atoms with Gasteiger partial charge in [0.25, 0.3) is 0 Å². The second-order valence-electron chi connectivity index (χ2n) is 5.57. The summed E-state index contributed by atoms with van der Waals surface area (Å²) in [5.74, 6) is 2.53. The molecule has 1 heterocycles. The molecule has 0 spiro atoms. The minimum Gasteiger partial charge on any atom is -0.500 e. The number of aromatic nitrogens is 2. The molecule has 0 aliphatic heterocycles. The summed E-state index contributed by atoms with van der Waals surface area (Å²) < 4.78 is 9.79. The molecule has 1 N–H and O–H groups in total. The molecule has 118 valence electrons. The number of aromatic amines is 1. The molecule has 1 atom stereocenters. The van der Waals surface area contributed by atoms with Crippen molar-refractivity contribution in [3.63, 3.8) is 0 Å². The lowest BCUT2D eigenvalue weighted by molar-refractivity contribution is 0.274. The maximum atomic E-state index is 5.54. The van der Waals surface area contributed by atoms with E-state index in [2.05, 4.69) is 53.9 Å². The largest absolute Gasteiger partial charge is 0.500 e. The van der Waals surface area contributed by atoms with Gasteiger partial charge in [-0.25, -0.2) is 4.98 Å². The van der Waals surface area contributed by atoms with Crippen molar-refractivity contribution in [1.29, 1.82) is 0 Å². The van der Waals surface area contributed by atoms with Gasteiger partial charge in [0, 0.05) is 26.2 Å². The fourth-order valence-electron chi connectivity index (χ4n) is 2.50. The second-order valence-corrected chi connectivity index (χ2v) is 5.57. The van der Waals surface area contributed by atoms with Crippen LogP contribution in [0.15, 0.2) is 36.1 Å². The Morgan fingerprint density at radius 3 is 2.50 bits per heavy atom. The third-order valence-electron chi connectivity index (χ3n) is 3.54. The summed E-state index contributed by atoms with van der Waals surface area (Å²) in [4.78, 5) is 8.15. The van der Waals surface area contributed by atoms with Crippen molar-refractivity contribution in [3.05, 3.63) is 53.4 Å². The summed E-state index contributed by atoms with van der Waals surface area (Å²) in [7, 11) is 4.97. The zero-order chi connectivity index (χ0) is 16.1. The molecule has 2 aliphatic rings. The number of ether oxygens (including phenoxy) is 2. The number of hydrogen-bond donors (Lipinski definition) is 1. The number of nitrogens with one attached hydrogen (secondary N) is 1. The lowest BCUT2D eigenvalue weighted by Gasteiger charge is -2.22. The lowest BCUT2D eigenvalue weighted by atomic mass is 9.88. The number of imidazole rings is 1. The van der Waals surface area contributed by atoms with Gasteiger partial charge in [-0.1, -0.05) is 44.2 Å². The molecule has 1 aromatic heterocycles. The highest BCUT2D eigenvalue weighted by Gasteiger charge is 2.28. The standard InChI is InChI=1S/C16H18N2O.C2H6O/c1-10(2)16-17-13-9-14(19-3)11-7-5-4-6-8-12(11)15(13)18-16;1-3-2/h4-11H,1-3H3,(H,17,18);1-2H3. The van der Waals surface area contributed by atoms with Gasteiger partial charge in [-0.3, -0.25) is 0 Å². The van der Waals surface area contributed by atoms with E-state index in [0.29, 0.717) is 5.92 Å². The molecule has 0 radical (unpaired) electrons. The lowest BCUT2D eigenvalue weighted by Crippen LogP contribution is -2.11. The number of allylic oxidation sites excluding steroid dienone is 5. The van der Waals surface area contributed by atoms with E-state index < -0.39 is 0 Å². The van der Waals surface area contributed by atoms with Gasteiger partial charge in [0.05, 0.1) is 24.4 Å². The minimum absolute atomic E-state index is 0.163. The fourth-order valence-corrected chi connectivity index (χ4v) is 2.50. The van der Waals surface area contributed by atoms with Crippen molar-refractivity contribution in [2.24, 2.45) is 5.92 Å². The number of fused-ring (bicyclic) bond motifs is 3. The molecule has 3 rings (SSSR count). The maximum Gasteiger partial charge on any atom is 0.109 e. The van der Waals surface area contributed by atoms with Crippen LogP contribution in [0.2, 0.25) is 0 Å². The molecule has 0 saturated carbocycles. The summed E-state index contributed by atoms with van der Waals surface area (Å²) in [5.41, 5.74) is 3.29. The van der Waals surface area contributed by atoms with E-state index >= 15 is 0 Å². The smallest absolute Gasteiger partial charge is 0.109 e. The molecule has 2 aliphatic carbocycles. The van der Waals surface area contributed by atoms with E-state index in [1.807, 2.05) is 6.08 Å². The molecule has 4 nitrogen and oxygen atoms in total. The molecule has 4 heteroatoms.